The molecule has 0 spiro atoms. The van der Waals surface area contributed by atoms with Crippen LogP contribution in [0.1, 0.15) is 24.8 Å². The van der Waals surface area contributed by atoms with Gasteiger partial charge < -0.3 is 10.1 Å². The molecule has 24 heavy (non-hydrogen) atoms. The van der Waals surface area contributed by atoms with Crippen molar-refractivity contribution in [3.8, 4) is 0 Å². The van der Waals surface area contributed by atoms with Gasteiger partial charge in [-0.05, 0) is 13.2 Å². The van der Waals surface area contributed by atoms with Crippen LogP contribution in [0.5, 0.6) is 0 Å². The number of hydrogen-bond acceptors (Lipinski definition) is 6. The number of hydrogen-bond donors (Lipinski definition) is 1. The molecule has 1 atom stereocenters. The molecular formula is C16H18N2O5S. The highest BCUT2D eigenvalue weighted by atomic mass is 32.2. The number of esters is 1. The van der Waals surface area contributed by atoms with Gasteiger partial charge in [-0.15, -0.1) is 0 Å². The number of nitrogens with zero attached hydrogens (tertiary/aromatic N) is 1. The highest BCUT2D eigenvalue weighted by molar-refractivity contribution is 7.98. The molecule has 1 aromatic rings. The lowest BCUT2D eigenvalue weighted by molar-refractivity contribution is -0.385. The average molecular weight is 350 g/mol. The van der Waals surface area contributed by atoms with Crippen molar-refractivity contribution in [2.45, 2.75) is 19.3 Å². The van der Waals surface area contributed by atoms with Crippen LogP contribution >= 0.6 is 11.8 Å². The minimum atomic E-state index is -0.692. The summed E-state index contributed by atoms with van der Waals surface area (Å²) >= 11 is 1.54. The molecule has 1 aliphatic rings. The van der Waals surface area contributed by atoms with Gasteiger partial charge in [-0.2, -0.15) is 11.8 Å². The zero-order valence-electron chi connectivity index (χ0n) is 13.4. The van der Waals surface area contributed by atoms with Gasteiger partial charge in [-0.1, -0.05) is 18.2 Å². The standard InChI is InChI=1S/C16H18N2O5S/c1-10-15(16(20)23-7-8-24-2)12(9-14(19)17-10)11-5-3-4-6-13(11)18(21)22/h3-6,12H,7-9H2,1-2H3,(H,17,19)/t12-/m1/s1. The van der Waals surface area contributed by atoms with Gasteiger partial charge in [0.2, 0.25) is 5.91 Å². The van der Waals surface area contributed by atoms with E-state index in [1.54, 1.807) is 36.9 Å². The van der Waals surface area contributed by atoms with Crippen molar-refractivity contribution in [2.24, 2.45) is 0 Å². The summed E-state index contributed by atoms with van der Waals surface area (Å²) in [4.78, 5) is 35.1. The van der Waals surface area contributed by atoms with Gasteiger partial charge in [0.1, 0.15) is 6.61 Å². The summed E-state index contributed by atoms with van der Waals surface area (Å²) in [5.41, 5.74) is 0.876. The fourth-order valence-corrected chi connectivity index (χ4v) is 2.93. The van der Waals surface area contributed by atoms with Crippen molar-refractivity contribution < 1.29 is 19.2 Å². The molecule has 8 heteroatoms. The Balaban J connectivity index is 2.42. The number of carbonyl (C=O) groups excluding carboxylic acids is 2. The van der Waals surface area contributed by atoms with Crippen molar-refractivity contribution in [3.63, 3.8) is 0 Å². The highest BCUT2D eigenvalue weighted by Gasteiger charge is 2.36. The minimum absolute atomic E-state index is 0.0326. The summed E-state index contributed by atoms with van der Waals surface area (Å²) in [6.07, 6.45) is 1.87. The summed E-state index contributed by atoms with van der Waals surface area (Å²) in [6, 6.07) is 6.15. The molecule has 1 heterocycles. The van der Waals surface area contributed by atoms with E-state index in [0.717, 1.165) is 0 Å². The normalized spacial score (nSPS) is 17.4. The fraction of sp³-hybridized carbons (Fsp3) is 0.375. The van der Waals surface area contributed by atoms with E-state index in [2.05, 4.69) is 5.32 Å². The number of nitro benzene ring substituents is 1. The van der Waals surface area contributed by atoms with E-state index in [1.165, 1.54) is 6.07 Å². The van der Waals surface area contributed by atoms with Crippen LogP contribution in [0.3, 0.4) is 0 Å². The highest BCUT2D eigenvalue weighted by Crippen LogP contribution is 2.37. The van der Waals surface area contributed by atoms with Crippen LogP contribution in [0.25, 0.3) is 0 Å². The Morgan fingerprint density at radius 1 is 1.46 bits per heavy atom. The predicted octanol–water partition coefficient (Wildman–Crippen LogP) is 2.38. The molecule has 0 unspecified atom stereocenters. The smallest absolute Gasteiger partial charge is 0.336 e. The molecule has 0 aromatic heterocycles. The van der Waals surface area contributed by atoms with Crippen LogP contribution in [0.2, 0.25) is 0 Å². The van der Waals surface area contributed by atoms with E-state index in [4.69, 9.17) is 4.74 Å². The monoisotopic (exact) mass is 350 g/mol. The van der Waals surface area contributed by atoms with Crippen LogP contribution in [-0.4, -0.2) is 35.4 Å². The fourth-order valence-electron chi connectivity index (χ4n) is 2.68. The molecule has 0 saturated heterocycles. The molecule has 128 valence electrons. The molecule has 1 aromatic carbocycles. The Labute approximate surface area is 143 Å². The molecule has 1 N–H and O–H groups in total. The molecule has 0 bridgehead atoms. The number of carbonyl (C=O) groups is 2. The van der Waals surface area contributed by atoms with Gasteiger partial charge in [0.05, 0.1) is 10.5 Å². The number of nitrogens with one attached hydrogen (secondary N) is 1. The Bertz CT molecular complexity index is 701. The lowest BCUT2D eigenvalue weighted by atomic mass is 9.83. The van der Waals surface area contributed by atoms with Crippen molar-refractivity contribution in [2.75, 3.05) is 18.6 Å². The summed E-state index contributed by atoms with van der Waals surface area (Å²) in [5.74, 6) is -0.872. The quantitative estimate of drug-likeness (QED) is 0.366. The van der Waals surface area contributed by atoms with Crippen LogP contribution in [-0.2, 0) is 14.3 Å². The molecule has 7 nitrogen and oxygen atoms in total. The van der Waals surface area contributed by atoms with E-state index < -0.39 is 16.8 Å². The number of allylic oxidation sites excluding steroid dienone is 1. The number of thioether (sulfide) groups is 1. The van der Waals surface area contributed by atoms with Crippen molar-refractivity contribution >= 4 is 29.3 Å². The Morgan fingerprint density at radius 3 is 2.83 bits per heavy atom. The molecule has 0 fully saturated rings. The summed E-state index contributed by atoms with van der Waals surface area (Å²) in [6.45, 7) is 1.85. The maximum Gasteiger partial charge on any atom is 0.336 e. The topological polar surface area (TPSA) is 98.5 Å². The van der Waals surface area contributed by atoms with Gasteiger partial charge >= 0.3 is 5.97 Å². The molecule has 0 saturated carbocycles. The third-order valence-electron chi connectivity index (χ3n) is 3.72. The van der Waals surface area contributed by atoms with Crippen molar-refractivity contribution in [1.82, 2.24) is 5.32 Å². The molecule has 2 rings (SSSR count). The van der Waals surface area contributed by atoms with Gasteiger partial charge in [-0.3, -0.25) is 14.9 Å². The lowest BCUT2D eigenvalue weighted by Gasteiger charge is -2.26. The number of ether oxygens (including phenoxy) is 1. The maximum atomic E-state index is 12.4. The predicted molar refractivity (Wildman–Crippen MR) is 90.6 cm³/mol. The Morgan fingerprint density at radius 2 is 2.17 bits per heavy atom. The second-order valence-electron chi connectivity index (χ2n) is 5.29. The lowest BCUT2D eigenvalue weighted by Crippen LogP contribution is -2.34. The third kappa shape index (κ3) is 3.94. The Hall–Kier alpha value is -2.35. The second-order valence-corrected chi connectivity index (χ2v) is 6.27. The summed E-state index contributed by atoms with van der Waals surface area (Å²) in [7, 11) is 0. The molecular weight excluding hydrogens is 332 g/mol. The number of amides is 1. The first-order chi connectivity index (χ1) is 11.5. The summed E-state index contributed by atoms with van der Waals surface area (Å²) in [5, 5.41) is 13.9. The van der Waals surface area contributed by atoms with Gasteiger partial charge in [0.25, 0.3) is 5.69 Å². The first-order valence-corrected chi connectivity index (χ1v) is 8.75. The van der Waals surface area contributed by atoms with Crippen LogP contribution in [0.15, 0.2) is 35.5 Å². The first kappa shape index (κ1) is 18.0. The average Bonchev–Trinajstić information content (AvgIpc) is 2.54. The van der Waals surface area contributed by atoms with Crippen LogP contribution in [0, 0.1) is 10.1 Å². The zero-order valence-corrected chi connectivity index (χ0v) is 14.2. The van der Waals surface area contributed by atoms with Crippen LogP contribution < -0.4 is 5.32 Å². The van der Waals surface area contributed by atoms with Gasteiger partial charge in [0.15, 0.2) is 0 Å². The number of nitro groups is 1. The third-order valence-corrected chi connectivity index (χ3v) is 4.29. The largest absolute Gasteiger partial charge is 0.461 e. The SMILES string of the molecule is CSCCOC(=O)C1=C(C)NC(=O)C[C@@H]1c1ccccc1[N+](=O)[O-]. The number of para-hydroxylation sites is 1. The van der Waals surface area contributed by atoms with Crippen molar-refractivity contribution in [3.05, 3.63) is 51.2 Å². The Kier molecular flexibility index (Phi) is 5.97. The van der Waals surface area contributed by atoms with E-state index in [0.29, 0.717) is 17.0 Å². The maximum absolute atomic E-state index is 12.4. The minimum Gasteiger partial charge on any atom is -0.461 e. The molecule has 1 amide bonds. The van der Waals surface area contributed by atoms with Crippen LogP contribution in [0.4, 0.5) is 5.69 Å². The van der Waals surface area contributed by atoms with E-state index >= 15 is 0 Å². The van der Waals surface area contributed by atoms with Crippen molar-refractivity contribution in [1.29, 1.82) is 0 Å². The number of benzene rings is 1. The van der Waals surface area contributed by atoms with Gasteiger partial charge in [-0.25, -0.2) is 4.79 Å². The van der Waals surface area contributed by atoms with Gasteiger partial charge in [0, 0.05) is 35.4 Å². The first-order valence-electron chi connectivity index (χ1n) is 7.35. The second kappa shape index (κ2) is 7.96. The molecule has 0 aliphatic carbocycles. The summed E-state index contributed by atoms with van der Waals surface area (Å²) < 4.78 is 5.24. The zero-order chi connectivity index (χ0) is 17.7. The van der Waals surface area contributed by atoms with E-state index in [1.807, 2.05) is 6.26 Å². The van der Waals surface area contributed by atoms with E-state index in [-0.39, 0.29) is 30.2 Å². The molecule has 1 aliphatic heterocycles. The van der Waals surface area contributed by atoms with E-state index in [9.17, 15) is 19.7 Å². The number of rotatable bonds is 6. The molecule has 0 radical (unpaired) electrons.